The molecule has 0 saturated carbocycles. The number of para-hydroxylation sites is 1. The summed E-state index contributed by atoms with van der Waals surface area (Å²) in [6, 6.07) is 6.36. The summed E-state index contributed by atoms with van der Waals surface area (Å²) < 4.78 is 31.5. The Balaban J connectivity index is 2.73. The molecule has 5 nitrogen and oxygen atoms in total. The number of ether oxygens (including phenoxy) is 1. The summed E-state index contributed by atoms with van der Waals surface area (Å²) in [5, 5.41) is 0. The standard InChI is InChI=1S/C11H18N2O3S/c1-3-16-9(2)8-13-17(14,15)11-7-5-4-6-10(11)12/h4-7,9,13H,3,8,12H2,1-2H3. The highest BCUT2D eigenvalue weighted by Crippen LogP contribution is 2.16. The molecule has 1 aromatic rings. The molecule has 17 heavy (non-hydrogen) atoms. The molecule has 0 aromatic heterocycles. The molecule has 0 aliphatic heterocycles. The predicted molar refractivity (Wildman–Crippen MR) is 67.1 cm³/mol. The third kappa shape index (κ3) is 3.99. The number of benzene rings is 1. The lowest BCUT2D eigenvalue weighted by Gasteiger charge is -2.13. The van der Waals surface area contributed by atoms with E-state index < -0.39 is 10.0 Å². The second-order valence-electron chi connectivity index (χ2n) is 3.66. The van der Waals surface area contributed by atoms with Gasteiger partial charge in [-0.15, -0.1) is 0 Å². The quantitative estimate of drug-likeness (QED) is 0.745. The van der Waals surface area contributed by atoms with E-state index in [1.807, 2.05) is 6.92 Å². The van der Waals surface area contributed by atoms with Crippen LogP contribution in [0.4, 0.5) is 5.69 Å². The average molecular weight is 258 g/mol. The van der Waals surface area contributed by atoms with Crippen LogP contribution in [0.15, 0.2) is 29.2 Å². The van der Waals surface area contributed by atoms with Crippen molar-refractivity contribution in [1.82, 2.24) is 4.72 Å². The molecule has 3 N–H and O–H groups in total. The average Bonchev–Trinajstić information content (AvgIpc) is 2.27. The molecular formula is C11H18N2O3S. The van der Waals surface area contributed by atoms with Crippen molar-refractivity contribution in [2.24, 2.45) is 0 Å². The molecule has 1 atom stereocenters. The van der Waals surface area contributed by atoms with E-state index >= 15 is 0 Å². The Bertz CT molecular complexity index is 460. The smallest absolute Gasteiger partial charge is 0.242 e. The largest absolute Gasteiger partial charge is 0.398 e. The number of hydrogen-bond donors (Lipinski definition) is 2. The van der Waals surface area contributed by atoms with Crippen molar-refractivity contribution >= 4 is 15.7 Å². The van der Waals surface area contributed by atoms with Gasteiger partial charge in [-0.3, -0.25) is 0 Å². The molecule has 0 aliphatic rings. The first-order chi connectivity index (χ1) is 7.97. The first-order valence-corrected chi connectivity index (χ1v) is 6.91. The van der Waals surface area contributed by atoms with Gasteiger partial charge in [0, 0.05) is 13.2 Å². The van der Waals surface area contributed by atoms with E-state index in [1.54, 1.807) is 25.1 Å². The maximum absolute atomic E-state index is 11.9. The Labute approximate surface area is 102 Å². The Morgan fingerprint density at radius 2 is 2.06 bits per heavy atom. The van der Waals surface area contributed by atoms with E-state index in [1.165, 1.54) is 6.07 Å². The van der Waals surface area contributed by atoms with Gasteiger partial charge in [-0.2, -0.15) is 0 Å². The summed E-state index contributed by atoms with van der Waals surface area (Å²) >= 11 is 0. The zero-order valence-corrected chi connectivity index (χ0v) is 10.8. The number of nitrogens with two attached hydrogens (primary N) is 1. The molecule has 0 fully saturated rings. The third-order valence-corrected chi connectivity index (χ3v) is 3.72. The molecule has 0 saturated heterocycles. The normalized spacial score (nSPS) is 13.5. The van der Waals surface area contributed by atoms with E-state index in [4.69, 9.17) is 10.5 Å². The number of rotatable bonds is 6. The van der Waals surface area contributed by atoms with Crippen LogP contribution in [-0.2, 0) is 14.8 Å². The fraction of sp³-hybridized carbons (Fsp3) is 0.455. The van der Waals surface area contributed by atoms with Gasteiger partial charge in [0.05, 0.1) is 11.8 Å². The van der Waals surface area contributed by atoms with Gasteiger partial charge in [-0.25, -0.2) is 13.1 Å². The molecule has 6 heteroatoms. The summed E-state index contributed by atoms with van der Waals surface area (Å²) in [7, 11) is -3.56. The molecule has 1 rings (SSSR count). The number of anilines is 1. The van der Waals surface area contributed by atoms with Gasteiger partial charge in [-0.1, -0.05) is 12.1 Å². The summed E-state index contributed by atoms with van der Waals surface area (Å²) in [5.41, 5.74) is 5.86. The van der Waals surface area contributed by atoms with Crippen molar-refractivity contribution in [3.63, 3.8) is 0 Å². The van der Waals surface area contributed by atoms with Crippen LogP contribution in [0.2, 0.25) is 0 Å². The lowest BCUT2D eigenvalue weighted by molar-refractivity contribution is 0.0799. The molecule has 0 bridgehead atoms. The molecule has 0 radical (unpaired) electrons. The van der Waals surface area contributed by atoms with Crippen molar-refractivity contribution in [2.75, 3.05) is 18.9 Å². The summed E-state index contributed by atoms with van der Waals surface area (Å²) in [6.45, 7) is 4.45. The number of nitrogen functional groups attached to an aromatic ring is 1. The van der Waals surface area contributed by atoms with Gasteiger partial charge in [-0.05, 0) is 26.0 Å². The molecule has 96 valence electrons. The van der Waals surface area contributed by atoms with Gasteiger partial charge in [0.2, 0.25) is 10.0 Å². The molecule has 1 aromatic carbocycles. The fourth-order valence-corrected chi connectivity index (χ4v) is 2.62. The molecular weight excluding hydrogens is 240 g/mol. The Morgan fingerprint density at radius 1 is 1.41 bits per heavy atom. The Kier molecular flexibility index (Phi) is 4.92. The Morgan fingerprint density at radius 3 is 2.65 bits per heavy atom. The van der Waals surface area contributed by atoms with Crippen LogP contribution >= 0.6 is 0 Å². The number of sulfonamides is 1. The van der Waals surface area contributed by atoms with Crippen LogP contribution in [0.3, 0.4) is 0 Å². The summed E-state index contributed by atoms with van der Waals surface area (Å²) in [4.78, 5) is 0.101. The maximum atomic E-state index is 11.9. The topological polar surface area (TPSA) is 81.4 Å². The molecule has 0 aliphatic carbocycles. The van der Waals surface area contributed by atoms with Crippen molar-refractivity contribution in [2.45, 2.75) is 24.8 Å². The summed E-state index contributed by atoms with van der Waals surface area (Å²) in [5.74, 6) is 0. The van der Waals surface area contributed by atoms with Crippen molar-refractivity contribution in [3.05, 3.63) is 24.3 Å². The second kappa shape index (κ2) is 6.00. The van der Waals surface area contributed by atoms with Crippen LogP contribution in [0, 0.1) is 0 Å². The SMILES string of the molecule is CCOC(C)CNS(=O)(=O)c1ccccc1N. The third-order valence-electron chi connectivity index (χ3n) is 2.22. The van der Waals surface area contributed by atoms with Gasteiger partial charge in [0.25, 0.3) is 0 Å². The van der Waals surface area contributed by atoms with Gasteiger partial charge < -0.3 is 10.5 Å². The zero-order valence-electron chi connectivity index (χ0n) is 10.0. The van der Waals surface area contributed by atoms with E-state index in [0.29, 0.717) is 6.61 Å². The zero-order chi connectivity index (χ0) is 12.9. The van der Waals surface area contributed by atoms with Crippen molar-refractivity contribution in [3.8, 4) is 0 Å². The minimum atomic E-state index is -3.56. The lowest BCUT2D eigenvalue weighted by atomic mass is 10.3. The van der Waals surface area contributed by atoms with Crippen molar-refractivity contribution < 1.29 is 13.2 Å². The van der Waals surface area contributed by atoms with Crippen LogP contribution in [0.1, 0.15) is 13.8 Å². The highest BCUT2D eigenvalue weighted by molar-refractivity contribution is 7.89. The molecule has 0 heterocycles. The lowest BCUT2D eigenvalue weighted by Crippen LogP contribution is -2.32. The van der Waals surface area contributed by atoms with E-state index in [-0.39, 0.29) is 23.2 Å². The second-order valence-corrected chi connectivity index (χ2v) is 5.39. The van der Waals surface area contributed by atoms with Crippen LogP contribution in [-0.4, -0.2) is 27.7 Å². The van der Waals surface area contributed by atoms with E-state index in [2.05, 4.69) is 4.72 Å². The van der Waals surface area contributed by atoms with Crippen LogP contribution in [0.5, 0.6) is 0 Å². The molecule has 0 amide bonds. The van der Waals surface area contributed by atoms with E-state index in [0.717, 1.165) is 0 Å². The highest BCUT2D eigenvalue weighted by Gasteiger charge is 2.17. The first kappa shape index (κ1) is 14.0. The maximum Gasteiger partial charge on any atom is 0.242 e. The number of nitrogens with one attached hydrogen (secondary N) is 1. The number of hydrogen-bond acceptors (Lipinski definition) is 4. The van der Waals surface area contributed by atoms with Gasteiger partial charge in [0.1, 0.15) is 4.90 Å². The highest BCUT2D eigenvalue weighted by atomic mass is 32.2. The van der Waals surface area contributed by atoms with Gasteiger partial charge in [0.15, 0.2) is 0 Å². The minimum absolute atomic E-state index is 0.101. The summed E-state index contributed by atoms with van der Waals surface area (Å²) in [6.07, 6.45) is -0.167. The van der Waals surface area contributed by atoms with Crippen molar-refractivity contribution in [1.29, 1.82) is 0 Å². The van der Waals surface area contributed by atoms with Crippen LogP contribution < -0.4 is 10.5 Å². The Hall–Kier alpha value is -1.11. The first-order valence-electron chi connectivity index (χ1n) is 5.43. The van der Waals surface area contributed by atoms with Gasteiger partial charge >= 0.3 is 0 Å². The van der Waals surface area contributed by atoms with Crippen LogP contribution in [0.25, 0.3) is 0 Å². The monoisotopic (exact) mass is 258 g/mol. The predicted octanol–water partition coefficient (Wildman–Crippen LogP) is 0.972. The van der Waals surface area contributed by atoms with E-state index in [9.17, 15) is 8.42 Å². The molecule has 0 spiro atoms. The molecule has 1 unspecified atom stereocenters. The minimum Gasteiger partial charge on any atom is -0.398 e. The fourth-order valence-electron chi connectivity index (χ4n) is 1.37.